The van der Waals surface area contributed by atoms with E-state index in [9.17, 15) is 0 Å². The van der Waals surface area contributed by atoms with E-state index in [0.717, 1.165) is 88.4 Å². The van der Waals surface area contributed by atoms with Gasteiger partial charge in [-0.3, -0.25) is 0 Å². The van der Waals surface area contributed by atoms with E-state index in [0.29, 0.717) is 17.5 Å². The van der Waals surface area contributed by atoms with Gasteiger partial charge >= 0.3 is 0 Å². The number of fused-ring (bicyclic) bond motifs is 7. The van der Waals surface area contributed by atoms with E-state index >= 15 is 0 Å². The van der Waals surface area contributed by atoms with Crippen LogP contribution in [-0.4, -0.2) is 19.5 Å². The quantitative estimate of drug-likeness (QED) is 0.161. The molecule has 0 aliphatic rings. The topological polar surface area (TPSA) is 56.7 Å². The number of aromatic nitrogens is 4. The Kier molecular flexibility index (Phi) is 8.42. The third kappa shape index (κ3) is 6.06. The van der Waals surface area contributed by atoms with Crippen molar-refractivity contribution in [2.45, 2.75) is 0 Å². The molecule has 3 heterocycles. The van der Waals surface area contributed by atoms with Crippen molar-refractivity contribution in [3.8, 4) is 73.2 Å². The molecule has 0 unspecified atom stereocenters. The van der Waals surface area contributed by atoms with E-state index < -0.39 is 0 Å². The Morgan fingerprint density at radius 2 is 0.790 bits per heavy atom. The summed E-state index contributed by atoms with van der Waals surface area (Å²) in [5, 5.41) is 4.31. The molecule has 0 bridgehead atoms. The van der Waals surface area contributed by atoms with E-state index in [-0.39, 0.29) is 0 Å². The highest BCUT2D eigenvalue weighted by atomic mass is 16.3. The molecule has 0 aliphatic heterocycles. The average molecular weight is 793 g/mol. The van der Waals surface area contributed by atoms with Crippen LogP contribution in [0.15, 0.2) is 223 Å². The molecule has 0 aliphatic carbocycles. The highest BCUT2D eigenvalue weighted by molar-refractivity contribution is 6.22. The van der Waals surface area contributed by atoms with Crippen molar-refractivity contribution in [1.29, 1.82) is 0 Å². The van der Waals surface area contributed by atoms with Gasteiger partial charge < -0.3 is 8.98 Å². The fraction of sp³-hybridized carbons (Fsp3) is 0. The molecule has 0 fully saturated rings. The number of hydrogen-bond donors (Lipinski definition) is 0. The molecule has 5 nitrogen and oxygen atoms in total. The standard InChI is InChI=1S/C57H36N4O/c1-4-15-37(16-5-1)39-29-31-40(32-30-39)43-22-13-24-45(36-43)61-51-28-11-10-25-46(51)47-33-34-49-48-26-14-27-50(53(48)62-54(49)52(47)61)57-59-55(41-19-8-3-9-20-41)58-56(60-57)44-23-12-21-42(35-44)38-17-6-2-7-18-38/h1-36H. The number of rotatable bonds is 7. The molecular formula is C57H36N4O. The van der Waals surface area contributed by atoms with Crippen molar-refractivity contribution in [2.24, 2.45) is 0 Å². The predicted octanol–water partition coefficient (Wildman–Crippen LogP) is 14.9. The summed E-state index contributed by atoms with van der Waals surface area (Å²) < 4.78 is 9.51. The molecule has 3 aromatic heterocycles. The van der Waals surface area contributed by atoms with Gasteiger partial charge in [0.05, 0.1) is 16.6 Å². The summed E-state index contributed by atoms with van der Waals surface area (Å²) in [6, 6.07) is 76.3. The van der Waals surface area contributed by atoms with Crippen molar-refractivity contribution < 1.29 is 4.42 Å². The third-order valence-electron chi connectivity index (χ3n) is 11.9. The lowest BCUT2D eigenvalue weighted by Gasteiger charge is -2.11. The Bertz CT molecular complexity index is 3610. The minimum atomic E-state index is 0.548. The Balaban J connectivity index is 1.04. The van der Waals surface area contributed by atoms with E-state index in [2.05, 4.69) is 187 Å². The fourth-order valence-electron chi connectivity index (χ4n) is 8.87. The van der Waals surface area contributed by atoms with Crippen LogP contribution in [0.4, 0.5) is 0 Å². The zero-order valence-corrected chi connectivity index (χ0v) is 33.5. The van der Waals surface area contributed by atoms with Crippen molar-refractivity contribution in [2.75, 3.05) is 0 Å². The SMILES string of the molecule is c1ccc(-c2ccc(-c3cccc(-n4c5ccccc5c5ccc6c7cccc(-c8nc(-c9ccccc9)nc(-c9cccc(-c%10ccccc%10)c9)n8)c7oc6c54)c3)cc2)cc1. The maximum absolute atomic E-state index is 7.16. The van der Waals surface area contributed by atoms with Crippen molar-refractivity contribution in [3.63, 3.8) is 0 Å². The summed E-state index contributed by atoms with van der Waals surface area (Å²) in [7, 11) is 0. The van der Waals surface area contributed by atoms with Crippen LogP contribution in [0.5, 0.6) is 0 Å². The van der Waals surface area contributed by atoms with Gasteiger partial charge in [0.2, 0.25) is 0 Å². The minimum absolute atomic E-state index is 0.548. The number of furan rings is 1. The zero-order valence-electron chi connectivity index (χ0n) is 33.5. The third-order valence-corrected chi connectivity index (χ3v) is 11.9. The number of benzene rings is 9. The van der Waals surface area contributed by atoms with Crippen molar-refractivity contribution in [3.05, 3.63) is 218 Å². The molecule has 62 heavy (non-hydrogen) atoms. The molecule has 0 spiro atoms. The number of hydrogen-bond acceptors (Lipinski definition) is 4. The van der Waals surface area contributed by atoms with Gasteiger partial charge in [0, 0.05) is 38.4 Å². The predicted molar refractivity (Wildman–Crippen MR) is 254 cm³/mol. The van der Waals surface area contributed by atoms with Crippen molar-refractivity contribution >= 4 is 43.7 Å². The Morgan fingerprint density at radius 3 is 1.53 bits per heavy atom. The first-order chi connectivity index (χ1) is 30.7. The first kappa shape index (κ1) is 35.5. The fourth-order valence-corrected chi connectivity index (χ4v) is 8.87. The van der Waals surface area contributed by atoms with Crippen LogP contribution < -0.4 is 0 Å². The molecule has 0 saturated heterocycles. The Morgan fingerprint density at radius 1 is 0.306 bits per heavy atom. The summed E-state index contributed by atoms with van der Waals surface area (Å²) in [5.41, 5.74) is 14.3. The summed E-state index contributed by atoms with van der Waals surface area (Å²) in [6.45, 7) is 0. The maximum Gasteiger partial charge on any atom is 0.167 e. The zero-order chi connectivity index (χ0) is 41.0. The van der Waals surface area contributed by atoms with Gasteiger partial charge in [-0.2, -0.15) is 0 Å². The lowest BCUT2D eigenvalue weighted by Crippen LogP contribution is -2.00. The van der Waals surface area contributed by atoms with Gasteiger partial charge in [0.1, 0.15) is 5.58 Å². The normalized spacial score (nSPS) is 11.5. The summed E-state index contributed by atoms with van der Waals surface area (Å²) in [6.07, 6.45) is 0. The van der Waals surface area contributed by atoms with Crippen LogP contribution in [0.3, 0.4) is 0 Å². The molecule has 9 aromatic carbocycles. The van der Waals surface area contributed by atoms with E-state index in [1.54, 1.807) is 0 Å². The maximum atomic E-state index is 7.16. The molecule has 0 atom stereocenters. The molecule has 5 heteroatoms. The van der Waals surface area contributed by atoms with Crippen LogP contribution >= 0.6 is 0 Å². The Labute approximate surface area is 357 Å². The van der Waals surface area contributed by atoms with Gasteiger partial charge in [0.25, 0.3) is 0 Å². The van der Waals surface area contributed by atoms with E-state index in [1.165, 1.54) is 11.1 Å². The highest BCUT2D eigenvalue weighted by Crippen LogP contribution is 2.43. The van der Waals surface area contributed by atoms with Gasteiger partial charge in [-0.05, 0) is 69.8 Å². The molecule has 0 N–H and O–H groups in total. The van der Waals surface area contributed by atoms with E-state index in [1.807, 2.05) is 36.4 Å². The summed E-state index contributed by atoms with van der Waals surface area (Å²) in [5.74, 6) is 1.74. The first-order valence-electron chi connectivity index (χ1n) is 20.8. The molecular weight excluding hydrogens is 757 g/mol. The number of nitrogens with zero attached hydrogens (tertiary/aromatic N) is 4. The van der Waals surface area contributed by atoms with Crippen LogP contribution in [0.1, 0.15) is 0 Å². The number of para-hydroxylation sites is 2. The molecule has 290 valence electrons. The highest BCUT2D eigenvalue weighted by Gasteiger charge is 2.22. The van der Waals surface area contributed by atoms with Crippen LogP contribution in [0.25, 0.3) is 117 Å². The summed E-state index contributed by atoms with van der Waals surface area (Å²) in [4.78, 5) is 15.4. The van der Waals surface area contributed by atoms with Gasteiger partial charge in [-0.25, -0.2) is 15.0 Å². The monoisotopic (exact) mass is 792 g/mol. The second-order valence-corrected chi connectivity index (χ2v) is 15.6. The smallest absolute Gasteiger partial charge is 0.167 e. The van der Waals surface area contributed by atoms with Crippen LogP contribution in [0, 0.1) is 0 Å². The molecule has 12 rings (SSSR count). The molecule has 12 aromatic rings. The first-order valence-corrected chi connectivity index (χ1v) is 20.8. The Hall–Kier alpha value is -8.41. The lowest BCUT2D eigenvalue weighted by molar-refractivity contribution is 0.671. The van der Waals surface area contributed by atoms with Gasteiger partial charge in [-0.15, -0.1) is 0 Å². The largest absolute Gasteiger partial charge is 0.453 e. The molecule has 0 saturated carbocycles. The second kappa shape index (κ2) is 14.7. The minimum Gasteiger partial charge on any atom is -0.453 e. The summed E-state index contributed by atoms with van der Waals surface area (Å²) >= 11 is 0. The van der Waals surface area contributed by atoms with Crippen molar-refractivity contribution in [1.82, 2.24) is 19.5 Å². The lowest BCUT2D eigenvalue weighted by atomic mass is 10.00. The van der Waals surface area contributed by atoms with Gasteiger partial charge in [0.15, 0.2) is 23.1 Å². The van der Waals surface area contributed by atoms with Crippen LogP contribution in [0.2, 0.25) is 0 Å². The average Bonchev–Trinajstić information content (AvgIpc) is 3.91. The van der Waals surface area contributed by atoms with Crippen LogP contribution in [-0.2, 0) is 0 Å². The molecule has 0 radical (unpaired) electrons. The van der Waals surface area contributed by atoms with E-state index in [4.69, 9.17) is 19.4 Å². The van der Waals surface area contributed by atoms with Gasteiger partial charge in [-0.1, -0.05) is 182 Å². The second-order valence-electron chi connectivity index (χ2n) is 15.6. The molecule has 0 amide bonds.